The number of carbonyl (C=O) groups is 1. The van der Waals surface area contributed by atoms with Crippen LogP contribution in [0.2, 0.25) is 0 Å². The quantitative estimate of drug-likeness (QED) is 0.884. The summed E-state index contributed by atoms with van der Waals surface area (Å²) in [5, 5.41) is 2.45. The molecule has 20 heavy (non-hydrogen) atoms. The lowest BCUT2D eigenvalue weighted by Gasteiger charge is -2.32. The Morgan fingerprint density at radius 2 is 2.30 bits per heavy atom. The molecule has 1 aliphatic rings. The maximum absolute atomic E-state index is 12.7. The number of ether oxygens (including phenoxy) is 1. The van der Waals surface area contributed by atoms with Gasteiger partial charge in [-0.3, -0.25) is 4.79 Å². The average molecular weight is 289 g/mol. The molecule has 1 atom stereocenters. The van der Waals surface area contributed by atoms with Crippen LogP contribution in [0.25, 0.3) is 0 Å². The molecule has 110 valence electrons. The van der Waals surface area contributed by atoms with Gasteiger partial charge in [-0.05, 0) is 12.1 Å². The molecular weight excluding hydrogens is 275 g/mol. The first-order valence-corrected chi connectivity index (χ1v) is 6.03. The maximum atomic E-state index is 12.7. The number of likely N-dealkylation sites (N-methyl/N-ethyl adjacent to an activating group) is 1. The fraction of sp³-hybridized carbons (Fsp3) is 0.500. The van der Waals surface area contributed by atoms with Gasteiger partial charge in [-0.1, -0.05) is 0 Å². The van der Waals surface area contributed by atoms with Gasteiger partial charge < -0.3 is 15.0 Å². The molecule has 1 unspecified atom stereocenters. The van der Waals surface area contributed by atoms with Crippen molar-refractivity contribution >= 4 is 11.7 Å². The van der Waals surface area contributed by atoms with Crippen LogP contribution < -0.4 is 10.2 Å². The number of amides is 1. The van der Waals surface area contributed by atoms with E-state index < -0.39 is 17.8 Å². The molecule has 0 aliphatic carbocycles. The SMILES string of the molecule is CNC(=O)C1CN(c2cc(C(F)(F)F)ccn2)CCO1. The van der Waals surface area contributed by atoms with Crippen molar-refractivity contribution in [2.45, 2.75) is 12.3 Å². The van der Waals surface area contributed by atoms with Crippen LogP contribution in [0.1, 0.15) is 5.56 Å². The topological polar surface area (TPSA) is 54.5 Å². The van der Waals surface area contributed by atoms with Crippen molar-refractivity contribution < 1.29 is 22.7 Å². The molecule has 0 aromatic carbocycles. The largest absolute Gasteiger partial charge is 0.416 e. The summed E-state index contributed by atoms with van der Waals surface area (Å²) in [5.41, 5.74) is -0.759. The number of morpholine rings is 1. The van der Waals surface area contributed by atoms with Gasteiger partial charge in [0.2, 0.25) is 0 Å². The predicted molar refractivity (Wildman–Crippen MR) is 65.3 cm³/mol. The summed E-state index contributed by atoms with van der Waals surface area (Å²) in [6.45, 7) is 0.825. The van der Waals surface area contributed by atoms with Gasteiger partial charge in [0, 0.05) is 19.8 Å². The number of hydrogen-bond donors (Lipinski definition) is 1. The molecule has 1 fully saturated rings. The van der Waals surface area contributed by atoms with E-state index >= 15 is 0 Å². The Hall–Kier alpha value is -1.83. The van der Waals surface area contributed by atoms with Gasteiger partial charge in [-0.25, -0.2) is 4.98 Å². The number of nitrogens with one attached hydrogen (secondary N) is 1. The number of anilines is 1. The minimum atomic E-state index is -4.41. The van der Waals surface area contributed by atoms with Crippen molar-refractivity contribution in [3.8, 4) is 0 Å². The molecule has 1 N–H and O–H groups in total. The molecule has 1 aromatic heterocycles. The van der Waals surface area contributed by atoms with E-state index in [1.54, 1.807) is 4.90 Å². The Morgan fingerprint density at radius 3 is 2.95 bits per heavy atom. The number of halogens is 3. The van der Waals surface area contributed by atoms with E-state index in [4.69, 9.17) is 4.74 Å². The number of pyridine rings is 1. The first kappa shape index (κ1) is 14.6. The van der Waals surface area contributed by atoms with E-state index in [1.807, 2.05) is 0 Å². The molecule has 5 nitrogen and oxygen atoms in total. The summed E-state index contributed by atoms with van der Waals surface area (Å²) in [5.74, 6) is -0.112. The lowest BCUT2D eigenvalue weighted by Crippen LogP contribution is -2.49. The maximum Gasteiger partial charge on any atom is 0.416 e. The van der Waals surface area contributed by atoms with Crippen molar-refractivity contribution in [2.24, 2.45) is 0 Å². The Balaban J connectivity index is 2.17. The monoisotopic (exact) mass is 289 g/mol. The molecule has 1 saturated heterocycles. The molecule has 2 rings (SSSR count). The molecule has 0 spiro atoms. The van der Waals surface area contributed by atoms with Gasteiger partial charge in [0.25, 0.3) is 5.91 Å². The Kier molecular flexibility index (Phi) is 4.12. The average Bonchev–Trinajstić information content (AvgIpc) is 2.46. The summed E-state index contributed by atoms with van der Waals surface area (Å²) < 4.78 is 43.3. The van der Waals surface area contributed by atoms with Gasteiger partial charge >= 0.3 is 6.18 Å². The van der Waals surface area contributed by atoms with E-state index in [-0.39, 0.29) is 24.9 Å². The second kappa shape index (κ2) is 5.66. The highest BCUT2D eigenvalue weighted by Crippen LogP contribution is 2.31. The van der Waals surface area contributed by atoms with Crippen LogP contribution in [0, 0.1) is 0 Å². The fourth-order valence-electron chi connectivity index (χ4n) is 1.94. The van der Waals surface area contributed by atoms with Crippen molar-refractivity contribution in [3.63, 3.8) is 0 Å². The van der Waals surface area contributed by atoms with Crippen LogP contribution >= 0.6 is 0 Å². The lowest BCUT2D eigenvalue weighted by molar-refractivity contribution is -0.137. The highest BCUT2D eigenvalue weighted by molar-refractivity contribution is 5.81. The summed E-state index contributed by atoms with van der Waals surface area (Å²) in [6, 6.07) is 1.90. The molecule has 0 bridgehead atoms. The number of aromatic nitrogens is 1. The van der Waals surface area contributed by atoms with E-state index in [9.17, 15) is 18.0 Å². The van der Waals surface area contributed by atoms with Crippen molar-refractivity contribution in [1.82, 2.24) is 10.3 Å². The highest BCUT2D eigenvalue weighted by atomic mass is 19.4. The minimum Gasteiger partial charge on any atom is -0.365 e. The number of carbonyl (C=O) groups excluding carboxylic acids is 1. The van der Waals surface area contributed by atoms with Gasteiger partial charge in [-0.2, -0.15) is 13.2 Å². The highest BCUT2D eigenvalue weighted by Gasteiger charge is 2.32. The van der Waals surface area contributed by atoms with Crippen molar-refractivity contribution in [3.05, 3.63) is 23.9 Å². The number of nitrogens with zero attached hydrogens (tertiary/aromatic N) is 2. The molecular formula is C12H14F3N3O2. The third-order valence-electron chi connectivity index (χ3n) is 3.00. The van der Waals surface area contributed by atoms with E-state index in [1.165, 1.54) is 7.05 Å². The molecule has 2 heterocycles. The van der Waals surface area contributed by atoms with Crippen LogP contribution in [-0.2, 0) is 15.7 Å². The molecule has 0 saturated carbocycles. The van der Waals surface area contributed by atoms with E-state index in [0.29, 0.717) is 6.54 Å². The van der Waals surface area contributed by atoms with Crippen LogP contribution in [0.5, 0.6) is 0 Å². The Morgan fingerprint density at radius 1 is 1.55 bits per heavy atom. The lowest BCUT2D eigenvalue weighted by atomic mass is 10.2. The summed E-state index contributed by atoms with van der Waals surface area (Å²) >= 11 is 0. The zero-order valence-electron chi connectivity index (χ0n) is 10.8. The van der Waals surface area contributed by atoms with E-state index in [0.717, 1.165) is 18.3 Å². The summed E-state index contributed by atoms with van der Waals surface area (Å²) in [4.78, 5) is 17.1. The van der Waals surface area contributed by atoms with Gasteiger partial charge in [-0.15, -0.1) is 0 Å². The normalized spacial score (nSPS) is 19.8. The third-order valence-corrected chi connectivity index (χ3v) is 3.00. The predicted octanol–water partition coefficient (Wildman–Crippen LogP) is 1.05. The molecule has 1 aliphatic heterocycles. The molecule has 1 amide bonds. The standard InChI is InChI=1S/C12H14F3N3O2/c1-16-11(19)9-7-18(4-5-20-9)10-6-8(2-3-17-10)12(13,14)15/h2-3,6,9H,4-5,7H2,1H3,(H,16,19). The first-order chi connectivity index (χ1) is 9.41. The Labute approximate surface area is 113 Å². The van der Waals surface area contributed by atoms with Crippen LogP contribution in [0.4, 0.5) is 19.0 Å². The van der Waals surface area contributed by atoms with Crippen molar-refractivity contribution in [2.75, 3.05) is 31.6 Å². The number of rotatable bonds is 2. The molecule has 1 aromatic rings. The fourth-order valence-corrected chi connectivity index (χ4v) is 1.94. The molecule has 8 heteroatoms. The van der Waals surface area contributed by atoms with Crippen LogP contribution in [-0.4, -0.2) is 43.7 Å². The summed E-state index contributed by atoms with van der Waals surface area (Å²) in [7, 11) is 1.48. The van der Waals surface area contributed by atoms with E-state index in [2.05, 4.69) is 10.3 Å². The van der Waals surface area contributed by atoms with Crippen LogP contribution in [0.15, 0.2) is 18.3 Å². The smallest absolute Gasteiger partial charge is 0.365 e. The third kappa shape index (κ3) is 3.19. The van der Waals surface area contributed by atoms with Gasteiger partial charge in [0.15, 0.2) is 6.10 Å². The minimum absolute atomic E-state index is 0.175. The second-order valence-corrected chi connectivity index (χ2v) is 4.32. The van der Waals surface area contributed by atoms with Gasteiger partial charge in [0.05, 0.1) is 18.7 Å². The first-order valence-electron chi connectivity index (χ1n) is 6.03. The second-order valence-electron chi connectivity index (χ2n) is 4.32. The molecule has 0 radical (unpaired) electrons. The zero-order chi connectivity index (χ0) is 14.8. The van der Waals surface area contributed by atoms with Crippen LogP contribution in [0.3, 0.4) is 0 Å². The Bertz CT molecular complexity index is 493. The summed E-state index contributed by atoms with van der Waals surface area (Å²) in [6.07, 6.45) is -4.00. The zero-order valence-corrected chi connectivity index (χ0v) is 10.8. The number of alkyl halides is 3. The van der Waals surface area contributed by atoms with Crippen molar-refractivity contribution in [1.29, 1.82) is 0 Å². The number of hydrogen-bond acceptors (Lipinski definition) is 4. The van der Waals surface area contributed by atoms with Gasteiger partial charge in [0.1, 0.15) is 5.82 Å².